The molecule has 0 amide bonds. The van der Waals surface area contributed by atoms with E-state index < -0.39 is 0 Å². The Kier molecular flexibility index (Phi) is 6.20. The van der Waals surface area contributed by atoms with Crippen molar-refractivity contribution < 1.29 is 14.3 Å². The summed E-state index contributed by atoms with van der Waals surface area (Å²) >= 11 is 9.53. The number of nitrogens with zero attached hydrogens (tertiary/aromatic N) is 1. The predicted molar refractivity (Wildman–Crippen MR) is 118 cm³/mol. The molecule has 0 radical (unpaired) electrons. The maximum Gasteiger partial charge on any atom is 0.337 e. The lowest BCUT2D eigenvalue weighted by Crippen LogP contribution is -2.54. The molecular formula is C20H24N2O3S3. The van der Waals surface area contributed by atoms with E-state index in [1.54, 1.807) is 0 Å². The van der Waals surface area contributed by atoms with E-state index in [0.29, 0.717) is 23.9 Å². The highest BCUT2D eigenvalue weighted by Gasteiger charge is 2.52. The molecule has 28 heavy (non-hydrogen) atoms. The number of ether oxygens (including phenoxy) is 2. The number of rotatable bonds is 5. The van der Waals surface area contributed by atoms with Crippen molar-refractivity contribution in [3.05, 3.63) is 47.2 Å². The van der Waals surface area contributed by atoms with Gasteiger partial charge in [0.2, 0.25) is 0 Å². The Labute approximate surface area is 179 Å². The normalized spacial score (nSPS) is 23.5. The number of methoxy groups -OCH3 is 1. The van der Waals surface area contributed by atoms with Gasteiger partial charge < -0.3 is 19.7 Å². The molecule has 0 aliphatic carbocycles. The van der Waals surface area contributed by atoms with Crippen LogP contribution in [-0.2, 0) is 20.9 Å². The molecule has 150 valence electrons. The summed E-state index contributed by atoms with van der Waals surface area (Å²) in [6, 6.07) is 9.73. The zero-order chi connectivity index (χ0) is 19.6. The fraction of sp³-hybridized carbons (Fsp3) is 0.500. The van der Waals surface area contributed by atoms with Crippen LogP contribution in [0.15, 0.2) is 41.6 Å². The summed E-state index contributed by atoms with van der Waals surface area (Å²) in [7, 11) is 1.44. The number of nitrogens with one attached hydrogen (secondary N) is 1. The van der Waals surface area contributed by atoms with Crippen LogP contribution in [0.4, 0.5) is 0 Å². The van der Waals surface area contributed by atoms with E-state index in [2.05, 4.69) is 10.2 Å². The van der Waals surface area contributed by atoms with Crippen LogP contribution in [0.3, 0.4) is 0 Å². The lowest BCUT2D eigenvalue weighted by molar-refractivity contribution is -0.136. The molecule has 1 spiro atoms. The fourth-order valence-electron chi connectivity index (χ4n) is 3.91. The van der Waals surface area contributed by atoms with E-state index in [1.807, 2.05) is 53.9 Å². The minimum absolute atomic E-state index is 0.106. The monoisotopic (exact) mass is 436 g/mol. The summed E-state index contributed by atoms with van der Waals surface area (Å²) in [5, 5.41) is 4.00. The van der Waals surface area contributed by atoms with Gasteiger partial charge in [-0.3, -0.25) is 0 Å². The van der Waals surface area contributed by atoms with Gasteiger partial charge in [-0.25, -0.2) is 4.79 Å². The average Bonchev–Trinajstić information content (AvgIpc) is 3.08. The Bertz CT molecular complexity index is 778. The molecule has 5 nitrogen and oxygen atoms in total. The fourth-order valence-corrected chi connectivity index (χ4v) is 7.67. The molecule has 1 aromatic carbocycles. The number of thioether (sulfide) groups is 2. The Morgan fingerprint density at radius 3 is 2.79 bits per heavy atom. The first-order valence-corrected chi connectivity index (χ1v) is 11.8. The molecule has 1 N–H and O–H groups in total. The average molecular weight is 437 g/mol. The van der Waals surface area contributed by atoms with Crippen LogP contribution in [0.5, 0.6) is 0 Å². The van der Waals surface area contributed by atoms with Crippen LogP contribution in [0.2, 0.25) is 0 Å². The van der Waals surface area contributed by atoms with Crippen molar-refractivity contribution in [1.82, 2.24) is 10.2 Å². The molecule has 1 aromatic rings. The maximum absolute atomic E-state index is 12.8. The molecule has 3 heterocycles. The SMILES string of the molecule is COC(=O)C1=C2N(CCC23SCCCS3)C(=S)N[C@@H]1COCc1ccccc1. The van der Waals surface area contributed by atoms with Crippen LogP contribution >= 0.6 is 35.7 Å². The molecule has 1 atom stereocenters. The molecule has 0 saturated carbocycles. The van der Waals surface area contributed by atoms with Gasteiger partial charge >= 0.3 is 5.97 Å². The number of esters is 1. The molecule has 2 fully saturated rings. The molecule has 0 bridgehead atoms. The third kappa shape index (κ3) is 3.79. The minimum atomic E-state index is -0.298. The van der Waals surface area contributed by atoms with Gasteiger partial charge in [-0.1, -0.05) is 30.3 Å². The molecule has 2 saturated heterocycles. The van der Waals surface area contributed by atoms with Crippen molar-refractivity contribution in [2.24, 2.45) is 0 Å². The first-order chi connectivity index (χ1) is 13.6. The summed E-state index contributed by atoms with van der Waals surface area (Å²) in [5.41, 5.74) is 2.81. The first kappa shape index (κ1) is 20.1. The highest BCUT2D eigenvalue weighted by atomic mass is 32.2. The predicted octanol–water partition coefficient (Wildman–Crippen LogP) is 3.16. The third-order valence-corrected chi connectivity index (χ3v) is 8.96. The van der Waals surface area contributed by atoms with E-state index in [0.717, 1.165) is 35.7 Å². The van der Waals surface area contributed by atoms with Crippen LogP contribution in [0.25, 0.3) is 0 Å². The standard InChI is InChI=1S/C20H24N2O3S3/c1-24-18(23)16-15(13-25-12-14-6-3-2-4-7-14)21-19(26)22-9-8-20(17(16)22)27-10-5-11-28-20/h2-4,6-7,15H,5,8-13H2,1H3,(H,21,26)/t15-/m1/s1. The summed E-state index contributed by atoms with van der Waals surface area (Å²) in [5.74, 6) is 1.92. The lowest BCUT2D eigenvalue weighted by Gasteiger charge is -2.41. The first-order valence-electron chi connectivity index (χ1n) is 9.45. The Morgan fingerprint density at radius 2 is 2.07 bits per heavy atom. The second kappa shape index (κ2) is 8.65. The molecule has 3 aliphatic heterocycles. The molecule has 8 heteroatoms. The van der Waals surface area contributed by atoms with Crippen molar-refractivity contribution in [2.45, 2.75) is 29.6 Å². The van der Waals surface area contributed by atoms with Crippen LogP contribution < -0.4 is 5.32 Å². The quantitative estimate of drug-likeness (QED) is 0.558. The second-order valence-electron chi connectivity index (χ2n) is 6.96. The number of thiocarbonyl (C=S) groups is 1. The van der Waals surface area contributed by atoms with E-state index in [1.165, 1.54) is 13.5 Å². The van der Waals surface area contributed by atoms with Crippen LogP contribution in [-0.4, -0.2) is 57.9 Å². The zero-order valence-electron chi connectivity index (χ0n) is 15.8. The summed E-state index contributed by atoms with van der Waals surface area (Å²) < 4.78 is 11.0. The summed E-state index contributed by atoms with van der Waals surface area (Å²) in [6.45, 7) is 1.69. The van der Waals surface area contributed by atoms with Crippen molar-refractivity contribution in [3.8, 4) is 0 Å². The lowest BCUT2D eigenvalue weighted by atomic mass is 10.0. The van der Waals surface area contributed by atoms with E-state index in [4.69, 9.17) is 21.7 Å². The topological polar surface area (TPSA) is 50.8 Å². The van der Waals surface area contributed by atoms with Crippen molar-refractivity contribution in [3.63, 3.8) is 0 Å². The van der Waals surface area contributed by atoms with Crippen molar-refractivity contribution in [2.75, 3.05) is 31.8 Å². The van der Waals surface area contributed by atoms with Gasteiger partial charge in [-0.15, -0.1) is 23.5 Å². The van der Waals surface area contributed by atoms with Gasteiger partial charge in [0.1, 0.15) is 4.08 Å². The van der Waals surface area contributed by atoms with Gasteiger partial charge in [-0.05, 0) is 42.1 Å². The summed E-state index contributed by atoms with van der Waals surface area (Å²) in [6.07, 6.45) is 2.18. The summed E-state index contributed by atoms with van der Waals surface area (Å²) in [4.78, 5) is 14.9. The number of carbonyl (C=O) groups is 1. The van der Waals surface area contributed by atoms with Gasteiger partial charge in [0.25, 0.3) is 0 Å². The van der Waals surface area contributed by atoms with Gasteiger partial charge in [0.15, 0.2) is 5.11 Å². The molecule has 0 aromatic heterocycles. The smallest absolute Gasteiger partial charge is 0.337 e. The highest BCUT2D eigenvalue weighted by Crippen LogP contribution is 2.56. The van der Waals surface area contributed by atoms with Gasteiger partial charge in [0.05, 0.1) is 37.6 Å². The Morgan fingerprint density at radius 1 is 1.32 bits per heavy atom. The largest absolute Gasteiger partial charge is 0.466 e. The number of hydrogen-bond donors (Lipinski definition) is 1. The number of hydrogen-bond acceptors (Lipinski definition) is 6. The molecular weight excluding hydrogens is 412 g/mol. The van der Waals surface area contributed by atoms with Crippen molar-refractivity contribution >= 4 is 46.8 Å². The second-order valence-corrected chi connectivity index (χ2v) is 10.4. The van der Waals surface area contributed by atoms with Crippen LogP contribution in [0, 0.1) is 0 Å². The minimum Gasteiger partial charge on any atom is -0.466 e. The van der Waals surface area contributed by atoms with Gasteiger partial charge in [-0.2, -0.15) is 0 Å². The van der Waals surface area contributed by atoms with E-state index in [-0.39, 0.29) is 16.1 Å². The maximum atomic E-state index is 12.8. The van der Waals surface area contributed by atoms with E-state index in [9.17, 15) is 4.79 Å². The number of carbonyl (C=O) groups excluding carboxylic acids is 1. The third-order valence-electron chi connectivity index (χ3n) is 5.20. The molecule has 3 aliphatic rings. The number of benzene rings is 1. The Hall–Kier alpha value is -1.22. The highest BCUT2D eigenvalue weighted by molar-refractivity contribution is 8.19. The molecule has 0 unspecified atom stereocenters. The molecule has 4 rings (SSSR count). The van der Waals surface area contributed by atoms with Crippen molar-refractivity contribution in [1.29, 1.82) is 0 Å². The van der Waals surface area contributed by atoms with Gasteiger partial charge in [0, 0.05) is 6.54 Å². The van der Waals surface area contributed by atoms with Crippen LogP contribution in [0.1, 0.15) is 18.4 Å². The number of fused-ring (bicyclic) bond motifs is 2. The van der Waals surface area contributed by atoms with E-state index >= 15 is 0 Å². The zero-order valence-corrected chi connectivity index (χ0v) is 18.3. The Balaban J connectivity index is 1.62.